The molecule has 1 aliphatic heterocycles. The zero-order valence-electron chi connectivity index (χ0n) is 17.8. The summed E-state index contributed by atoms with van der Waals surface area (Å²) in [7, 11) is 0. The highest BCUT2D eigenvalue weighted by molar-refractivity contribution is 6.06. The van der Waals surface area contributed by atoms with E-state index in [0.29, 0.717) is 41.9 Å². The van der Waals surface area contributed by atoms with Crippen LogP contribution < -0.4 is 20.1 Å². The third-order valence-corrected chi connectivity index (χ3v) is 4.96. The van der Waals surface area contributed by atoms with Gasteiger partial charge in [-0.2, -0.15) is 10.1 Å². The van der Waals surface area contributed by atoms with Crippen LogP contribution in [0.2, 0.25) is 0 Å². The lowest BCUT2D eigenvalue weighted by Crippen LogP contribution is -2.31. The number of benzene rings is 2. The Bertz CT molecular complexity index is 1120. The Balaban J connectivity index is 1.74. The van der Waals surface area contributed by atoms with Crippen molar-refractivity contribution in [3.05, 3.63) is 71.7 Å². The van der Waals surface area contributed by atoms with Crippen molar-refractivity contribution in [3.8, 4) is 11.5 Å². The van der Waals surface area contributed by atoms with Crippen LogP contribution in [0, 0.1) is 0 Å². The Morgan fingerprint density at radius 2 is 1.94 bits per heavy atom. The number of nitrogens with zero attached hydrogens (tertiary/aromatic N) is 3. The second kappa shape index (κ2) is 8.91. The molecule has 2 heterocycles. The van der Waals surface area contributed by atoms with Crippen molar-refractivity contribution in [3.63, 3.8) is 0 Å². The predicted octanol–water partition coefficient (Wildman–Crippen LogP) is 4.00. The van der Waals surface area contributed by atoms with Gasteiger partial charge in [0.25, 0.3) is 5.91 Å². The molecule has 1 atom stereocenters. The first-order valence-electron chi connectivity index (χ1n) is 10.3. The van der Waals surface area contributed by atoms with E-state index in [4.69, 9.17) is 9.47 Å². The van der Waals surface area contributed by atoms with Crippen molar-refractivity contribution in [2.75, 3.05) is 23.8 Å². The molecule has 1 unspecified atom stereocenters. The van der Waals surface area contributed by atoms with E-state index in [1.165, 1.54) is 6.33 Å². The molecule has 1 amide bonds. The van der Waals surface area contributed by atoms with Crippen LogP contribution >= 0.6 is 0 Å². The zero-order chi connectivity index (χ0) is 21.8. The molecule has 0 bridgehead atoms. The average molecular weight is 419 g/mol. The molecule has 160 valence electrons. The Morgan fingerprint density at radius 3 is 2.74 bits per heavy atom. The summed E-state index contributed by atoms with van der Waals surface area (Å²) < 4.78 is 13.0. The Morgan fingerprint density at radius 1 is 1.13 bits per heavy atom. The fourth-order valence-corrected chi connectivity index (χ4v) is 3.68. The van der Waals surface area contributed by atoms with Gasteiger partial charge in [-0.1, -0.05) is 24.3 Å². The third-order valence-electron chi connectivity index (χ3n) is 4.96. The SMILES string of the molecule is CCOc1cccc(C2C(C(=O)Nc3ccccc3OCC)=C(C)Nc3ncnn32)c1. The predicted molar refractivity (Wildman–Crippen MR) is 118 cm³/mol. The minimum Gasteiger partial charge on any atom is -0.494 e. The quantitative estimate of drug-likeness (QED) is 0.602. The number of anilines is 2. The van der Waals surface area contributed by atoms with Gasteiger partial charge in [0.1, 0.15) is 23.9 Å². The number of hydrogen-bond acceptors (Lipinski definition) is 6. The van der Waals surface area contributed by atoms with Gasteiger partial charge in [0.05, 0.1) is 24.5 Å². The molecule has 2 aromatic carbocycles. The fourth-order valence-electron chi connectivity index (χ4n) is 3.68. The molecule has 8 heteroatoms. The highest BCUT2D eigenvalue weighted by Crippen LogP contribution is 2.37. The van der Waals surface area contributed by atoms with E-state index >= 15 is 0 Å². The van der Waals surface area contributed by atoms with Crippen LogP contribution in [0.4, 0.5) is 11.6 Å². The van der Waals surface area contributed by atoms with E-state index in [-0.39, 0.29) is 5.91 Å². The lowest BCUT2D eigenvalue weighted by atomic mass is 9.94. The van der Waals surface area contributed by atoms with Crippen LogP contribution in [0.25, 0.3) is 0 Å². The largest absolute Gasteiger partial charge is 0.494 e. The summed E-state index contributed by atoms with van der Waals surface area (Å²) >= 11 is 0. The summed E-state index contributed by atoms with van der Waals surface area (Å²) in [6, 6.07) is 14.6. The molecule has 0 radical (unpaired) electrons. The van der Waals surface area contributed by atoms with Crippen LogP contribution in [0.15, 0.2) is 66.1 Å². The van der Waals surface area contributed by atoms with Crippen molar-refractivity contribution in [1.29, 1.82) is 0 Å². The first-order chi connectivity index (χ1) is 15.1. The number of amides is 1. The number of carbonyl (C=O) groups is 1. The van der Waals surface area contributed by atoms with E-state index in [0.717, 1.165) is 11.3 Å². The van der Waals surface area contributed by atoms with Crippen LogP contribution in [-0.2, 0) is 4.79 Å². The number of rotatable bonds is 7. The molecule has 0 spiro atoms. The first-order valence-corrected chi connectivity index (χ1v) is 10.3. The third kappa shape index (κ3) is 4.09. The van der Waals surface area contributed by atoms with Crippen LogP contribution in [-0.4, -0.2) is 33.9 Å². The Kier molecular flexibility index (Phi) is 5.88. The summed E-state index contributed by atoms with van der Waals surface area (Å²) in [6.07, 6.45) is 1.47. The second-order valence-corrected chi connectivity index (χ2v) is 6.98. The fraction of sp³-hybridized carbons (Fsp3) is 0.261. The molecule has 8 nitrogen and oxygen atoms in total. The summed E-state index contributed by atoms with van der Waals surface area (Å²) in [5, 5.41) is 10.6. The summed E-state index contributed by atoms with van der Waals surface area (Å²) in [5.74, 6) is 1.69. The van der Waals surface area contributed by atoms with Crippen LogP contribution in [0.1, 0.15) is 32.4 Å². The first kappa shape index (κ1) is 20.5. The van der Waals surface area contributed by atoms with Crippen LogP contribution in [0.3, 0.4) is 0 Å². The molecule has 2 N–H and O–H groups in total. The molecule has 1 aliphatic rings. The zero-order valence-corrected chi connectivity index (χ0v) is 17.8. The van der Waals surface area contributed by atoms with E-state index < -0.39 is 6.04 Å². The van der Waals surface area contributed by atoms with E-state index in [2.05, 4.69) is 20.7 Å². The maximum absolute atomic E-state index is 13.5. The molecular formula is C23H25N5O3. The van der Waals surface area contributed by atoms with Crippen molar-refractivity contribution in [2.24, 2.45) is 0 Å². The van der Waals surface area contributed by atoms with Crippen molar-refractivity contribution < 1.29 is 14.3 Å². The lowest BCUT2D eigenvalue weighted by molar-refractivity contribution is -0.113. The molecule has 0 saturated carbocycles. The van der Waals surface area contributed by atoms with Crippen molar-refractivity contribution in [1.82, 2.24) is 14.8 Å². The van der Waals surface area contributed by atoms with E-state index in [1.54, 1.807) is 4.68 Å². The van der Waals surface area contributed by atoms with Gasteiger partial charge >= 0.3 is 0 Å². The number of hydrogen-bond donors (Lipinski definition) is 2. The maximum Gasteiger partial charge on any atom is 0.255 e. The molecule has 4 rings (SSSR count). The molecule has 0 aliphatic carbocycles. The lowest BCUT2D eigenvalue weighted by Gasteiger charge is -2.29. The number of allylic oxidation sites excluding steroid dienone is 1. The number of nitrogens with one attached hydrogen (secondary N) is 2. The highest BCUT2D eigenvalue weighted by Gasteiger charge is 2.33. The van der Waals surface area contributed by atoms with Gasteiger partial charge in [-0.3, -0.25) is 4.79 Å². The minimum atomic E-state index is -0.460. The number of aromatic nitrogens is 3. The van der Waals surface area contributed by atoms with Gasteiger partial charge in [-0.15, -0.1) is 0 Å². The Labute approximate surface area is 180 Å². The average Bonchev–Trinajstić information content (AvgIpc) is 3.22. The Hall–Kier alpha value is -3.81. The molecule has 31 heavy (non-hydrogen) atoms. The van der Waals surface area contributed by atoms with Gasteiger partial charge in [0.15, 0.2) is 0 Å². The molecular weight excluding hydrogens is 394 g/mol. The van der Waals surface area contributed by atoms with Gasteiger partial charge in [-0.25, -0.2) is 4.68 Å². The van der Waals surface area contributed by atoms with Gasteiger partial charge < -0.3 is 20.1 Å². The smallest absolute Gasteiger partial charge is 0.255 e. The van der Waals surface area contributed by atoms with E-state index in [1.807, 2.05) is 69.3 Å². The molecule has 0 saturated heterocycles. The van der Waals surface area contributed by atoms with Gasteiger partial charge in [-0.05, 0) is 50.6 Å². The molecule has 0 fully saturated rings. The monoisotopic (exact) mass is 419 g/mol. The topological polar surface area (TPSA) is 90.3 Å². The minimum absolute atomic E-state index is 0.245. The van der Waals surface area contributed by atoms with Crippen molar-refractivity contribution >= 4 is 17.5 Å². The highest BCUT2D eigenvalue weighted by atomic mass is 16.5. The van der Waals surface area contributed by atoms with E-state index in [9.17, 15) is 4.79 Å². The number of carbonyl (C=O) groups excluding carboxylic acids is 1. The summed E-state index contributed by atoms with van der Waals surface area (Å²) in [5.41, 5.74) is 2.74. The maximum atomic E-state index is 13.5. The number of ether oxygens (including phenoxy) is 2. The number of para-hydroxylation sites is 2. The summed E-state index contributed by atoms with van der Waals surface area (Å²) in [4.78, 5) is 17.8. The number of fused-ring (bicyclic) bond motifs is 1. The van der Waals surface area contributed by atoms with Crippen LogP contribution in [0.5, 0.6) is 11.5 Å². The normalized spacial score (nSPS) is 15.1. The van der Waals surface area contributed by atoms with Gasteiger partial charge in [0.2, 0.25) is 5.95 Å². The standard InChI is InChI=1S/C23H25N5O3/c1-4-30-17-10-8-9-16(13-17)21-20(15(3)26-23-24-14-25-28(21)23)22(29)27-18-11-6-7-12-19(18)31-5-2/h6-14,21H,4-5H2,1-3H3,(H,27,29)(H,24,25,26). The van der Waals surface area contributed by atoms with Gasteiger partial charge in [0, 0.05) is 5.70 Å². The second-order valence-electron chi connectivity index (χ2n) is 6.98. The molecule has 1 aromatic heterocycles. The molecule has 3 aromatic rings. The van der Waals surface area contributed by atoms with Crippen molar-refractivity contribution in [2.45, 2.75) is 26.8 Å². The summed E-state index contributed by atoms with van der Waals surface area (Å²) in [6.45, 7) is 6.77.